The van der Waals surface area contributed by atoms with E-state index in [0.29, 0.717) is 13.2 Å². The Bertz CT molecular complexity index is 457. The molecule has 1 aliphatic heterocycles. The summed E-state index contributed by atoms with van der Waals surface area (Å²) in [5.41, 5.74) is 0. The summed E-state index contributed by atoms with van der Waals surface area (Å²) in [5.74, 6) is 0.145. The highest BCUT2D eigenvalue weighted by Crippen LogP contribution is 2.35. The van der Waals surface area contributed by atoms with Crippen LogP contribution in [0.1, 0.15) is 28.9 Å². The van der Waals surface area contributed by atoms with Crippen molar-refractivity contribution in [1.29, 1.82) is 0 Å². The summed E-state index contributed by atoms with van der Waals surface area (Å²) in [6.07, 6.45) is 3.59. The van der Waals surface area contributed by atoms with Gasteiger partial charge in [-0.2, -0.15) is 0 Å². The van der Waals surface area contributed by atoms with Crippen LogP contribution in [-0.2, 0) is 4.74 Å². The van der Waals surface area contributed by atoms with Crippen molar-refractivity contribution in [2.24, 2.45) is 0 Å². The number of rotatable bonds is 1. The standard InChI is InChI=1S/C12H13Br2NO2S/c13-7-6-10(18-11(7)14)12(16)15-4-5-17-9-3-1-2-8(9)15/h6,8-9H,1-5H2. The van der Waals surface area contributed by atoms with E-state index in [1.807, 2.05) is 11.0 Å². The van der Waals surface area contributed by atoms with Crippen LogP contribution in [0.15, 0.2) is 14.3 Å². The van der Waals surface area contributed by atoms with Crippen LogP contribution in [-0.4, -0.2) is 36.1 Å². The summed E-state index contributed by atoms with van der Waals surface area (Å²) >= 11 is 8.36. The summed E-state index contributed by atoms with van der Waals surface area (Å²) < 4.78 is 7.66. The molecule has 1 aliphatic carbocycles. The molecule has 2 heterocycles. The number of morpholine rings is 1. The van der Waals surface area contributed by atoms with Gasteiger partial charge < -0.3 is 9.64 Å². The lowest BCUT2D eigenvalue weighted by Gasteiger charge is -2.37. The lowest BCUT2D eigenvalue weighted by molar-refractivity contribution is -0.0443. The molecule has 2 atom stereocenters. The average molecular weight is 395 g/mol. The van der Waals surface area contributed by atoms with Crippen LogP contribution in [0.25, 0.3) is 0 Å². The number of fused-ring (bicyclic) bond motifs is 1. The molecule has 0 spiro atoms. The molecule has 1 saturated heterocycles. The first kappa shape index (κ1) is 13.1. The molecule has 0 N–H and O–H groups in total. The molecule has 0 bridgehead atoms. The Morgan fingerprint density at radius 1 is 1.44 bits per heavy atom. The predicted molar refractivity (Wildman–Crippen MR) is 78.1 cm³/mol. The molecule has 1 aromatic rings. The first-order valence-electron chi connectivity index (χ1n) is 6.04. The highest BCUT2D eigenvalue weighted by molar-refractivity contribution is 9.13. The summed E-state index contributed by atoms with van der Waals surface area (Å²) in [6, 6.07) is 2.18. The minimum Gasteiger partial charge on any atom is -0.374 e. The highest BCUT2D eigenvalue weighted by atomic mass is 79.9. The van der Waals surface area contributed by atoms with Gasteiger partial charge in [0.25, 0.3) is 5.91 Å². The fourth-order valence-corrected chi connectivity index (χ4v) is 4.76. The zero-order valence-corrected chi connectivity index (χ0v) is 13.7. The first-order chi connectivity index (χ1) is 8.66. The second-order valence-electron chi connectivity index (χ2n) is 4.64. The van der Waals surface area contributed by atoms with E-state index in [-0.39, 0.29) is 18.1 Å². The minimum absolute atomic E-state index is 0.145. The van der Waals surface area contributed by atoms with Crippen molar-refractivity contribution in [2.45, 2.75) is 31.4 Å². The number of hydrogen-bond acceptors (Lipinski definition) is 3. The number of thiophene rings is 1. The molecule has 1 aromatic heterocycles. The maximum atomic E-state index is 12.5. The molecule has 1 saturated carbocycles. The Labute approximate surface area is 127 Å². The quantitative estimate of drug-likeness (QED) is 0.727. The third-order valence-corrected chi connectivity index (χ3v) is 6.84. The van der Waals surface area contributed by atoms with Gasteiger partial charge >= 0.3 is 0 Å². The van der Waals surface area contributed by atoms with Gasteiger partial charge in [0.15, 0.2) is 0 Å². The third-order valence-electron chi connectivity index (χ3n) is 3.60. The maximum Gasteiger partial charge on any atom is 0.264 e. The summed E-state index contributed by atoms with van der Waals surface area (Å²) in [7, 11) is 0. The SMILES string of the molecule is O=C(c1cc(Br)c(Br)s1)N1CCOC2CCCC21. The molecule has 3 rings (SSSR count). The van der Waals surface area contributed by atoms with Crippen molar-refractivity contribution in [3.63, 3.8) is 0 Å². The van der Waals surface area contributed by atoms with Crippen molar-refractivity contribution in [2.75, 3.05) is 13.2 Å². The predicted octanol–water partition coefficient (Wildman–Crippen LogP) is 3.67. The molecule has 0 radical (unpaired) electrons. The Kier molecular flexibility index (Phi) is 3.80. The summed E-state index contributed by atoms with van der Waals surface area (Å²) in [5, 5.41) is 0. The lowest BCUT2D eigenvalue weighted by atomic mass is 10.1. The van der Waals surface area contributed by atoms with Crippen molar-refractivity contribution in [1.82, 2.24) is 4.90 Å². The Hall–Kier alpha value is 0.0900. The monoisotopic (exact) mass is 393 g/mol. The smallest absolute Gasteiger partial charge is 0.264 e. The van der Waals surface area contributed by atoms with Gasteiger partial charge in [0.1, 0.15) is 0 Å². The first-order valence-corrected chi connectivity index (χ1v) is 8.44. The van der Waals surface area contributed by atoms with Gasteiger partial charge in [0.2, 0.25) is 0 Å². The number of halogens is 2. The van der Waals surface area contributed by atoms with Gasteiger partial charge in [0.05, 0.1) is 27.4 Å². The molecule has 2 unspecified atom stereocenters. The van der Waals surface area contributed by atoms with Crippen LogP contribution in [0.2, 0.25) is 0 Å². The third kappa shape index (κ3) is 2.28. The topological polar surface area (TPSA) is 29.5 Å². The number of ether oxygens (including phenoxy) is 1. The van der Waals surface area contributed by atoms with Crippen LogP contribution in [0.4, 0.5) is 0 Å². The molecule has 1 amide bonds. The van der Waals surface area contributed by atoms with Crippen LogP contribution in [0.5, 0.6) is 0 Å². The van der Waals surface area contributed by atoms with E-state index in [1.165, 1.54) is 11.3 Å². The van der Waals surface area contributed by atoms with Crippen LogP contribution < -0.4 is 0 Å². The van der Waals surface area contributed by atoms with E-state index in [0.717, 1.165) is 32.4 Å². The second kappa shape index (κ2) is 5.23. The van der Waals surface area contributed by atoms with E-state index < -0.39 is 0 Å². The Balaban J connectivity index is 1.83. The number of hydrogen-bond donors (Lipinski definition) is 0. The van der Waals surface area contributed by atoms with Gasteiger partial charge in [0, 0.05) is 11.0 Å². The van der Waals surface area contributed by atoms with Gasteiger partial charge in [-0.15, -0.1) is 11.3 Å². The van der Waals surface area contributed by atoms with Crippen molar-refractivity contribution in [3.05, 3.63) is 19.2 Å². The van der Waals surface area contributed by atoms with Gasteiger partial charge in [-0.1, -0.05) is 0 Å². The van der Waals surface area contributed by atoms with E-state index in [9.17, 15) is 4.79 Å². The second-order valence-corrected chi connectivity index (χ2v) is 7.86. The zero-order chi connectivity index (χ0) is 12.7. The molecular formula is C12H13Br2NO2S. The molecule has 6 heteroatoms. The van der Waals surface area contributed by atoms with E-state index in [4.69, 9.17) is 4.74 Å². The molecule has 98 valence electrons. The Morgan fingerprint density at radius 3 is 3.00 bits per heavy atom. The van der Waals surface area contributed by atoms with Gasteiger partial charge in [-0.25, -0.2) is 0 Å². The van der Waals surface area contributed by atoms with Crippen molar-refractivity contribution in [3.8, 4) is 0 Å². The largest absolute Gasteiger partial charge is 0.374 e. The van der Waals surface area contributed by atoms with Gasteiger partial charge in [-0.05, 0) is 57.2 Å². The number of amides is 1. The summed E-state index contributed by atoms with van der Waals surface area (Å²) in [4.78, 5) is 15.3. The van der Waals surface area contributed by atoms with E-state index in [1.54, 1.807) is 0 Å². The number of carbonyl (C=O) groups is 1. The fourth-order valence-electron chi connectivity index (χ4n) is 2.77. The highest BCUT2D eigenvalue weighted by Gasteiger charge is 2.39. The Morgan fingerprint density at radius 2 is 2.28 bits per heavy atom. The van der Waals surface area contributed by atoms with Crippen molar-refractivity contribution < 1.29 is 9.53 Å². The van der Waals surface area contributed by atoms with Crippen LogP contribution >= 0.6 is 43.2 Å². The molecular weight excluding hydrogens is 382 g/mol. The average Bonchev–Trinajstić information content (AvgIpc) is 2.95. The molecule has 3 nitrogen and oxygen atoms in total. The number of carbonyl (C=O) groups excluding carboxylic acids is 1. The van der Waals surface area contributed by atoms with Crippen LogP contribution in [0.3, 0.4) is 0 Å². The van der Waals surface area contributed by atoms with Crippen molar-refractivity contribution >= 4 is 49.1 Å². The molecule has 18 heavy (non-hydrogen) atoms. The zero-order valence-electron chi connectivity index (χ0n) is 9.70. The molecule has 0 aromatic carbocycles. The van der Waals surface area contributed by atoms with Gasteiger partial charge in [-0.3, -0.25) is 4.79 Å². The van der Waals surface area contributed by atoms with E-state index >= 15 is 0 Å². The van der Waals surface area contributed by atoms with Crippen LogP contribution in [0, 0.1) is 0 Å². The maximum absolute atomic E-state index is 12.5. The fraction of sp³-hybridized carbons (Fsp3) is 0.583. The minimum atomic E-state index is 0.145. The number of nitrogens with zero attached hydrogens (tertiary/aromatic N) is 1. The normalized spacial score (nSPS) is 27.3. The molecule has 2 fully saturated rings. The lowest BCUT2D eigenvalue weighted by Crippen LogP contribution is -2.51. The van der Waals surface area contributed by atoms with E-state index in [2.05, 4.69) is 31.9 Å². The summed E-state index contributed by atoms with van der Waals surface area (Å²) in [6.45, 7) is 1.38. The molecule has 2 aliphatic rings.